The normalized spacial score (nSPS) is 10.7. The van der Waals surface area contributed by atoms with Gasteiger partial charge in [0, 0.05) is 7.05 Å². The Morgan fingerprint density at radius 3 is 2.61 bits per heavy atom. The molecule has 2 aromatic rings. The molecule has 1 aromatic heterocycles. The zero-order chi connectivity index (χ0) is 13.3. The van der Waals surface area contributed by atoms with Crippen LogP contribution < -0.4 is 5.32 Å². The Kier molecular flexibility index (Phi) is 3.83. The Hall–Kier alpha value is -1.19. The van der Waals surface area contributed by atoms with Gasteiger partial charge in [-0.15, -0.1) is 0 Å². The summed E-state index contributed by atoms with van der Waals surface area (Å²) in [5.41, 5.74) is 3.86. The van der Waals surface area contributed by atoms with Gasteiger partial charge < -0.3 is 5.32 Å². The monoisotopic (exact) mass is 283 g/mol. The quantitative estimate of drug-likeness (QED) is 0.924. The van der Waals surface area contributed by atoms with Crippen molar-refractivity contribution in [2.75, 3.05) is 5.32 Å². The summed E-state index contributed by atoms with van der Waals surface area (Å²) in [5, 5.41) is 8.97. The predicted octanol–water partition coefficient (Wildman–Crippen LogP) is 3.96. The highest BCUT2D eigenvalue weighted by atomic mass is 35.5. The minimum atomic E-state index is 0.597. The van der Waals surface area contributed by atoms with E-state index in [-0.39, 0.29) is 0 Å². The van der Waals surface area contributed by atoms with Gasteiger partial charge in [-0.05, 0) is 31.5 Å². The van der Waals surface area contributed by atoms with Gasteiger partial charge in [0.05, 0.1) is 33.7 Å². The van der Waals surface area contributed by atoms with Crippen LogP contribution in [0.1, 0.15) is 17.0 Å². The molecule has 0 fully saturated rings. The Balaban J connectivity index is 2.19. The molecule has 0 radical (unpaired) electrons. The Labute approximate surface area is 117 Å². The second kappa shape index (κ2) is 5.21. The fourth-order valence-corrected chi connectivity index (χ4v) is 2.24. The Bertz CT molecular complexity index is 576. The number of rotatable bonds is 3. The summed E-state index contributed by atoms with van der Waals surface area (Å²) in [5.74, 6) is 0. The Morgan fingerprint density at radius 2 is 2.00 bits per heavy atom. The first kappa shape index (κ1) is 13.2. The smallest absolute Gasteiger partial charge is 0.0865 e. The van der Waals surface area contributed by atoms with E-state index in [9.17, 15) is 0 Å². The van der Waals surface area contributed by atoms with E-state index in [1.54, 1.807) is 4.68 Å². The number of nitrogens with one attached hydrogen (secondary N) is 1. The van der Waals surface area contributed by atoms with Gasteiger partial charge in [-0.1, -0.05) is 29.3 Å². The van der Waals surface area contributed by atoms with Crippen LogP contribution in [0.2, 0.25) is 10.0 Å². The molecule has 1 N–H and O–H groups in total. The van der Waals surface area contributed by atoms with Crippen LogP contribution in [0, 0.1) is 13.8 Å². The maximum absolute atomic E-state index is 6.20. The van der Waals surface area contributed by atoms with E-state index < -0.39 is 0 Å². The molecule has 1 aromatic carbocycles. The van der Waals surface area contributed by atoms with E-state index in [2.05, 4.69) is 10.4 Å². The molecule has 0 saturated heterocycles. The number of nitrogens with zero attached hydrogens (tertiary/aromatic N) is 2. The van der Waals surface area contributed by atoms with Crippen molar-refractivity contribution in [2.24, 2.45) is 7.05 Å². The molecule has 2 rings (SSSR count). The standard InChI is InChI=1S/C13H15Cl2N3/c1-8-4-5-10(14)11(6-8)16-7-12-13(15)9(2)17-18(12)3/h4-6,16H,7H2,1-3H3. The molecule has 1 heterocycles. The van der Waals surface area contributed by atoms with Gasteiger partial charge >= 0.3 is 0 Å². The molecule has 0 atom stereocenters. The highest BCUT2D eigenvalue weighted by molar-refractivity contribution is 6.33. The molecule has 0 aliphatic carbocycles. The van der Waals surface area contributed by atoms with Crippen LogP contribution in [0.5, 0.6) is 0 Å². The third kappa shape index (κ3) is 2.62. The van der Waals surface area contributed by atoms with Crippen LogP contribution >= 0.6 is 23.2 Å². The summed E-state index contributed by atoms with van der Waals surface area (Å²) in [6, 6.07) is 5.88. The van der Waals surface area contributed by atoms with Crippen molar-refractivity contribution in [2.45, 2.75) is 20.4 Å². The summed E-state index contributed by atoms with van der Waals surface area (Å²) in [6.07, 6.45) is 0. The van der Waals surface area contributed by atoms with Gasteiger partial charge in [0.15, 0.2) is 0 Å². The third-order valence-corrected chi connectivity index (χ3v) is 3.65. The lowest BCUT2D eigenvalue weighted by molar-refractivity contribution is 0.713. The lowest BCUT2D eigenvalue weighted by atomic mass is 10.2. The second-order valence-corrected chi connectivity index (χ2v) is 5.09. The van der Waals surface area contributed by atoms with Crippen molar-refractivity contribution in [1.29, 1.82) is 0 Å². The maximum Gasteiger partial charge on any atom is 0.0865 e. The zero-order valence-electron chi connectivity index (χ0n) is 10.6. The fourth-order valence-electron chi connectivity index (χ4n) is 1.83. The SMILES string of the molecule is Cc1ccc(Cl)c(NCc2c(Cl)c(C)nn2C)c1. The molecular weight excluding hydrogens is 269 g/mol. The van der Waals surface area contributed by atoms with E-state index >= 15 is 0 Å². The number of aromatic nitrogens is 2. The van der Waals surface area contributed by atoms with Crippen molar-refractivity contribution >= 4 is 28.9 Å². The van der Waals surface area contributed by atoms with E-state index in [4.69, 9.17) is 23.2 Å². The van der Waals surface area contributed by atoms with E-state index in [0.717, 1.165) is 22.6 Å². The fraction of sp³-hybridized carbons (Fsp3) is 0.308. The van der Waals surface area contributed by atoms with Crippen LogP contribution in [0.3, 0.4) is 0 Å². The van der Waals surface area contributed by atoms with Crippen molar-refractivity contribution in [3.63, 3.8) is 0 Å². The predicted molar refractivity (Wildman–Crippen MR) is 76.5 cm³/mol. The average Bonchev–Trinajstić information content (AvgIpc) is 2.55. The van der Waals surface area contributed by atoms with Crippen LogP contribution in [-0.2, 0) is 13.6 Å². The number of anilines is 1. The average molecular weight is 284 g/mol. The van der Waals surface area contributed by atoms with Crippen molar-refractivity contribution in [3.8, 4) is 0 Å². The van der Waals surface area contributed by atoms with Crippen molar-refractivity contribution < 1.29 is 0 Å². The Morgan fingerprint density at radius 1 is 1.28 bits per heavy atom. The van der Waals surface area contributed by atoms with Gasteiger partial charge in [0.25, 0.3) is 0 Å². The van der Waals surface area contributed by atoms with E-state index in [1.807, 2.05) is 39.1 Å². The largest absolute Gasteiger partial charge is 0.378 e. The summed E-state index contributed by atoms with van der Waals surface area (Å²) in [6.45, 7) is 4.52. The molecule has 0 spiro atoms. The molecular formula is C13H15Cl2N3. The molecule has 18 heavy (non-hydrogen) atoms. The minimum absolute atomic E-state index is 0.597. The lowest BCUT2D eigenvalue weighted by Gasteiger charge is -2.10. The summed E-state index contributed by atoms with van der Waals surface area (Å²) < 4.78 is 1.79. The van der Waals surface area contributed by atoms with Crippen LogP contribution in [0.25, 0.3) is 0 Å². The van der Waals surface area contributed by atoms with Gasteiger partial charge in [-0.25, -0.2) is 0 Å². The molecule has 0 bridgehead atoms. The first-order chi connectivity index (χ1) is 8.49. The maximum atomic E-state index is 6.20. The van der Waals surface area contributed by atoms with Crippen LogP contribution in [0.15, 0.2) is 18.2 Å². The molecule has 0 saturated carbocycles. The molecule has 5 heteroatoms. The highest BCUT2D eigenvalue weighted by Crippen LogP contribution is 2.25. The molecule has 96 valence electrons. The number of hydrogen-bond donors (Lipinski definition) is 1. The molecule has 0 aliphatic rings. The highest BCUT2D eigenvalue weighted by Gasteiger charge is 2.11. The van der Waals surface area contributed by atoms with E-state index in [1.165, 1.54) is 0 Å². The minimum Gasteiger partial charge on any atom is -0.378 e. The molecule has 3 nitrogen and oxygen atoms in total. The van der Waals surface area contributed by atoms with Gasteiger partial charge in [0.2, 0.25) is 0 Å². The zero-order valence-corrected chi connectivity index (χ0v) is 12.1. The third-order valence-electron chi connectivity index (χ3n) is 2.83. The van der Waals surface area contributed by atoms with Gasteiger partial charge in [-0.3, -0.25) is 4.68 Å². The van der Waals surface area contributed by atoms with Crippen molar-refractivity contribution in [1.82, 2.24) is 9.78 Å². The first-order valence-corrected chi connectivity index (χ1v) is 6.42. The summed E-state index contributed by atoms with van der Waals surface area (Å²) in [4.78, 5) is 0. The number of benzene rings is 1. The molecule has 0 unspecified atom stereocenters. The first-order valence-electron chi connectivity index (χ1n) is 5.67. The second-order valence-electron chi connectivity index (χ2n) is 4.31. The molecule has 0 aliphatic heterocycles. The van der Waals surface area contributed by atoms with Gasteiger partial charge in [-0.2, -0.15) is 5.10 Å². The number of aryl methyl sites for hydroxylation is 3. The number of halogens is 2. The lowest BCUT2D eigenvalue weighted by Crippen LogP contribution is -2.06. The van der Waals surface area contributed by atoms with Crippen LogP contribution in [-0.4, -0.2) is 9.78 Å². The molecule has 0 amide bonds. The number of hydrogen-bond acceptors (Lipinski definition) is 2. The van der Waals surface area contributed by atoms with E-state index in [0.29, 0.717) is 16.6 Å². The van der Waals surface area contributed by atoms with Gasteiger partial charge in [0.1, 0.15) is 0 Å². The topological polar surface area (TPSA) is 29.9 Å². The summed E-state index contributed by atoms with van der Waals surface area (Å²) in [7, 11) is 1.88. The van der Waals surface area contributed by atoms with Crippen molar-refractivity contribution in [3.05, 3.63) is 45.2 Å². The summed E-state index contributed by atoms with van der Waals surface area (Å²) >= 11 is 12.3. The van der Waals surface area contributed by atoms with Crippen LogP contribution in [0.4, 0.5) is 5.69 Å².